The van der Waals surface area contributed by atoms with E-state index in [2.05, 4.69) is 235 Å². The molecule has 0 saturated heterocycles. The van der Waals surface area contributed by atoms with Gasteiger partial charge in [-0.15, -0.1) is 0 Å². The van der Waals surface area contributed by atoms with Gasteiger partial charge in [-0.1, -0.05) is 164 Å². The Balaban J connectivity index is 1.04. The van der Waals surface area contributed by atoms with E-state index in [0.29, 0.717) is 0 Å². The fraction of sp³-hybridized carbons (Fsp3) is 0.0545. The lowest BCUT2D eigenvalue weighted by Crippen LogP contribution is -2.41. The number of rotatable bonds is 6. The number of benzene rings is 9. The summed E-state index contributed by atoms with van der Waals surface area (Å²) >= 11 is 0. The highest BCUT2D eigenvalue weighted by Gasteiger charge is 2.48. The normalized spacial score (nSPS) is 16.9. The minimum Gasteiger partial charge on any atom is -0.331 e. The molecule has 2 heteroatoms. The van der Waals surface area contributed by atoms with Crippen molar-refractivity contribution in [2.75, 3.05) is 9.80 Å². The molecule has 0 saturated carbocycles. The fourth-order valence-electron chi connectivity index (χ4n) is 9.56. The third-order valence-electron chi connectivity index (χ3n) is 12.2. The number of hydrogen-bond donors (Lipinski definition) is 0. The highest BCUT2D eigenvalue weighted by molar-refractivity contribution is 6.12. The minimum atomic E-state index is -0.220. The van der Waals surface area contributed by atoms with Crippen molar-refractivity contribution in [1.29, 1.82) is 0 Å². The molecule has 0 aromatic heterocycles. The molecule has 9 aromatic carbocycles. The molecule has 270 valence electrons. The van der Waals surface area contributed by atoms with Gasteiger partial charge >= 0.3 is 0 Å². The quantitative estimate of drug-likeness (QED) is 0.157. The number of allylic oxidation sites excluding steroid dienone is 2. The molecule has 2 unspecified atom stereocenters. The van der Waals surface area contributed by atoms with Crippen molar-refractivity contribution in [3.8, 4) is 22.3 Å². The van der Waals surface area contributed by atoms with E-state index in [-0.39, 0.29) is 11.5 Å². The standard InChI is InChI=1S/C55H40N2/c1-55-35-10-9-25-52(55)54-49(23-13-26-53(54)57(55)44-18-3-2-4-19-44)42-17-11-20-45(37-42)56(46-33-27-38-14-5-6-16-41(38)36-46)43-31-28-40(29-32-43)48-22-12-24-50-47-21-8-7-15-39(47)30-34-51(48)50/h2-37,52H,1H3. The molecule has 0 radical (unpaired) electrons. The van der Waals surface area contributed by atoms with E-state index in [0.717, 1.165) is 17.1 Å². The summed E-state index contributed by atoms with van der Waals surface area (Å²) in [5.41, 5.74) is 11.9. The van der Waals surface area contributed by atoms with E-state index >= 15 is 0 Å². The van der Waals surface area contributed by atoms with E-state index in [9.17, 15) is 0 Å². The van der Waals surface area contributed by atoms with Crippen molar-refractivity contribution in [1.82, 2.24) is 0 Å². The van der Waals surface area contributed by atoms with E-state index < -0.39 is 0 Å². The highest BCUT2D eigenvalue weighted by atomic mass is 15.2. The van der Waals surface area contributed by atoms with Gasteiger partial charge in [0.25, 0.3) is 0 Å². The van der Waals surface area contributed by atoms with Crippen LogP contribution in [-0.2, 0) is 0 Å². The SMILES string of the molecule is CC12C=CC=CC1c1c(-c3cccc(N(c4ccc(-c5cccc6c5ccc5ccccc56)cc4)c4ccc5ccccc5c4)c3)cccc1N2c1ccccc1. The van der Waals surface area contributed by atoms with E-state index in [1.165, 1.54) is 71.5 Å². The monoisotopic (exact) mass is 728 g/mol. The Morgan fingerprint density at radius 3 is 2.02 bits per heavy atom. The Bertz CT molecular complexity index is 3050. The van der Waals surface area contributed by atoms with Crippen LogP contribution in [0.3, 0.4) is 0 Å². The van der Waals surface area contributed by atoms with Gasteiger partial charge in [0.15, 0.2) is 0 Å². The minimum absolute atomic E-state index is 0.203. The summed E-state index contributed by atoms with van der Waals surface area (Å²) in [4.78, 5) is 4.94. The van der Waals surface area contributed by atoms with E-state index in [4.69, 9.17) is 0 Å². The van der Waals surface area contributed by atoms with Crippen LogP contribution in [0.25, 0.3) is 54.6 Å². The van der Waals surface area contributed by atoms with Gasteiger partial charge in [0.1, 0.15) is 0 Å². The third-order valence-corrected chi connectivity index (χ3v) is 12.2. The van der Waals surface area contributed by atoms with Gasteiger partial charge < -0.3 is 9.80 Å². The van der Waals surface area contributed by atoms with Crippen LogP contribution >= 0.6 is 0 Å². The van der Waals surface area contributed by atoms with Gasteiger partial charge in [-0.25, -0.2) is 0 Å². The smallest absolute Gasteiger partial charge is 0.0712 e. The van der Waals surface area contributed by atoms with Crippen LogP contribution in [-0.4, -0.2) is 5.54 Å². The highest BCUT2D eigenvalue weighted by Crippen LogP contribution is 2.56. The van der Waals surface area contributed by atoms with E-state index in [1.807, 2.05) is 0 Å². The summed E-state index contributed by atoms with van der Waals surface area (Å²) < 4.78 is 0. The lowest BCUT2D eigenvalue weighted by atomic mass is 9.78. The topological polar surface area (TPSA) is 6.48 Å². The van der Waals surface area contributed by atoms with Gasteiger partial charge in [-0.2, -0.15) is 0 Å². The Hall–Kier alpha value is -7.16. The van der Waals surface area contributed by atoms with Crippen LogP contribution in [0, 0.1) is 0 Å². The summed E-state index contributed by atoms with van der Waals surface area (Å²) in [5, 5.41) is 7.55. The number of fused-ring (bicyclic) bond motifs is 7. The van der Waals surface area contributed by atoms with Crippen molar-refractivity contribution in [2.24, 2.45) is 0 Å². The van der Waals surface area contributed by atoms with Gasteiger partial charge in [0, 0.05) is 34.4 Å². The number of nitrogens with zero attached hydrogens (tertiary/aromatic N) is 2. The number of para-hydroxylation sites is 1. The summed E-state index contributed by atoms with van der Waals surface area (Å²) in [6, 6.07) is 71.2. The zero-order valence-electron chi connectivity index (χ0n) is 31.8. The molecule has 0 N–H and O–H groups in total. The van der Waals surface area contributed by atoms with Crippen LogP contribution in [0.2, 0.25) is 0 Å². The molecule has 2 aliphatic rings. The molecule has 2 nitrogen and oxygen atoms in total. The molecule has 1 aliphatic heterocycles. The Morgan fingerprint density at radius 2 is 1.14 bits per heavy atom. The summed E-state index contributed by atoms with van der Waals surface area (Å²) in [7, 11) is 0. The van der Waals surface area contributed by atoms with Gasteiger partial charge in [-0.3, -0.25) is 0 Å². The van der Waals surface area contributed by atoms with Gasteiger partial charge in [0.2, 0.25) is 0 Å². The third kappa shape index (κ3) is 5.40. The molecular weight excluding hydrogens is 689 g/mol. The largest absolute Gasteiger partial charge is 0.331 e. The molecular formula is C55H40N2. The predicted molar refractivity (Wildman–Crippen MR) is 243 cm³/mol. The summed E-state index contributed by atoms with van der Waals surface area (Å²) in [6.45, 7) is 2.37. The first-order chi connectivity index (χ1) is 28.1. The Morgan fingerprint density at radius 1 is 0.456 bits per heavy atom. The zero-order valence-corrected chi connectivity index (χ0v) is 31.8. The van der Waals surface area contributed by atoms with Gasteiger partial charge in [-0.05, 0) is 122 Å². The second-order valence-electron chi connectivity index (χ2n) is 15.5. The second-order valence-corrected chi connectivity index (χ2v) is 15.5. The Kier molecular flexibility index (Phi) is 7.72. The zero-order chi connectivity index (χ0) is 37.9. The summed E-state index contributed by atoms with van der Waals surface area (Å²) in [6.07, 6.45) is 9.17. The maximum absolute atomic E-state index is 2.53. The van der Waals surface area contributed by atoms with Crippen molar-refractivity contribution < 1.29 is 0 Å². The lowest BCUT2D eigenvalue weighted by Gasteiger charge is -2.39. The second kappa shape index (κ2) is 13.3. The van der Waals surface area contributed by atoms with Crippen LogP contribution < -0.4 is 9.80 Å². The van der Waals surface area contributed by atoms with Crippen molar-refractivity contribution in [3.05, 3.63) is 224 Å². The predicted octanol–water partition coefficient (Wildman–Crippen LogP) is 15.1. The molecule has 1 heterocycles. The Labute approximate surface area is 333 Å². The molecule has 57 heavy (non-hydrogen) atoms. The molecule has 0 fully saturated rings. The number of anilines is 5. The average Bonchev–Trinajstić information content (AvgIpc) is 3.55. The van der Waals surface area contributed by atoms with Crippen LogP contribution in [0.4, 0.5) is 28.4 Å². The molecule has 0 spiro atoms. The molecule has 11 rings (SSSR count). The maximum Gasteiger partial charge on any atom is 0.0712 e. The first-order valence-electron chi connectivity index (χ1n) is 19.9. The summed E-state index contributed by atoms with van der Waals surface area (Å²) in [5.74, 6) is 0.203. The van der Waals surface area contributed by atoms with Crippen molar-refractivity contribution in [3.63, 3.8) is 0 Å². The number of hydrogen-bond acceptors (Lipinski definition) is 2. The van der Waals surface area contributed by atoms with Gasteiger partial charge in [0.05, 0.1) is 5.54 Å². The molecule has 0 amide bonds. The van der Waals surface area contributed by atoms with Crippen molar-refractivity contribution >= 4 is 60.8 Å². The molecule has 9 aromatic rings. The lowest BCUT2D eigenvalue weighted by molar-refractivity contribution is 0.542. The molecule has 2 atom stereocenters. The van der Waals surface area contributed by atoms with Crippen LogP contribution in [0.15, 0.2) is 218 Å². The fourth-order valence-corrected chi connectivity index (χ4v) is 9.56. The van der Waals surface area contributed by atoms with Crippen molar-refractivity contribution in [2.45, 2.75) is 18.4 Å². The van der Waals surface area contributed by atoms with E-state index in [1.54, 1.807) is 0 Å². The maximum atomic E-state index is 2.53. The molecule has 0 bridgehead atoms. The average molecular weight is 729 g/mol. The van der Waals surface area contributed by atoms with Crippen LogP contribution in [0.5, 0.6) is 0 Å². The van der Waals surface area contributed by atoms with Crippen LogP contribution in [0.1, 0.15) is 18.4 Å². The first-order valence-corrected chi connectivity index (χ1v) is 19.9. The first kappa shape index (κ1) is 33.2. The molecule has 1 aliphatic carbocycles.